The van der Waals surface area contributed by atoms with Crippen LogP contribution in [0, 0.1) is 5.92 Å². The van der Waals surface area contributed by atoms with Crippen LogP contribution in [-0.2, 0) is 19.6 Å². The minimum Gasteiger partial charge on any atom is -0.380 e. The van der Waals surface area contributed by atoms with Crippen LogP contribution in [0.2, 0.25) is 0 Å². The van der Waals surface area contributed by atoms with Crippen LogP contribution < -0.4 is 0 Å². The number of rotatable bonds is 6. The van der Waals surface area contributed by atoms with Gasteiger partial charge in [0, 0.05) is 33.2 Å². The van der Waals surface area contributed by atoms with E-state index >= 15 is 0 Å². The molecule has 0 spiro atoms. The lowest BCUT2D eigenvalue weighted by Gasteiger charge is -2.28. The Hall–Kier alpha value is -0.660. The molecule has 1 amide bonds. The van der Waals surface area contributed by atoms with Crippen molar-refractivity contribution in [3.8, 4) is 0 Å². The number of hydrogen-bond donors (Lipinski definition) is 0. The van der Waals surface area contributed by atoms with Crippen LogP contribution in [0.15, 0.2) is 0 Å². The van der Waals surface area contributed by atoms with Crippen molar-refractivity contribution in [2.45, 2.75) is 69.9 Å². The smallest absolute Gasteiger partial charge is 0.241 e. The maximum Gasteiger partial charge on any atom is 0.241 e. The number of carbonyl (C=O) groups is 1. The maximum atomic E-state index is 13.0. The third kappa shape index (κ3) is 4.55. The zero-order valence-corrected chi connectivity index (χ0v) is 16.2. The van der Waals surface area contributed by atoms with Crippen molar-refractivity contribution in [3.05, 3.63) is 0 Å². The lowest BCUT2D eigenvalue weighted by atomic mass is 9.88. The fourth-order valence-electron chi connectivity index (χ4n) is 4.53. The summed E-state index contributed by atoms with van der Waals surface area (Å²) in [4.78, 5) is 14.7. The summed E-state index contributed by atoms with van der Waals surface area (Å²) in [5.41, 5.74) is 0. The van der Waals surface area contributed by atoms with Crippen LogP contribution in [0.5, 0.6) is 0 Å². The fourth-order valence-corrected chi connectivity index (χ4v) is 6.35. The SMILES string of the molecule is CO[C@H]1C[C@@H](C(=O)N2CCCC2)N(S(=O)(=O)CCC2CCCCC2)C1. The van der Waals surface area contributed by atoms with E-state index in [1.54, 1.807) is 7.11 Å². The van der Waals surface area contributed by atoms with E-state index in [0.29, 0.717) is 18.9 Å². The van der Waals surface area contributed by atoms with Crippen molar-refractivity contribution in [1.82, 2.24) is 9.21 Å². The molecule has 0 unspecified atom stereocenters. The third-order valence-electron chi connectivity index (χ3n) is 6.12. The Morgan fingerprint density at radius 2 is 1.76 bits per heavy atom. The highest BCUT2D eigenvalue weighted by atomic mass is 32.2. The van der Waals surface area contributed by atoms with E-state index in [-0.39, 0.29) is 17.8 Å². The normalized spacial score (nSPS) is 29.4. The van der Waals surface area contributed by atoms with Gasteiger partial charge in [0.1, 0.15) is 6.04 Å². The molecule has 0 radical (unpaired) electrons. The van der Waals surface area contributed by atoms with E-state index in [4.69, 9.17) is 4.74 Å². The van der Waals surface area contributed by atoms with Crippen molar-refractivity contribution in [2.24, 2.45) is 5.92 Å². The van der Waals surface area contributed by atoms with Gasteiger partial charge in [0.25, 0.3) is 0 Å². The average molecular weight is 373 g/mol. The summed E-state index contributed by atoms with van der Waals surface area (Å²) in [6.45, 7) is 1.82. The summed E-state index contributed by atoms with van der Waals surface area (Å²) in [5, 5.41) is 0. The topological polar surface area (TPSA) is 66.9 Å². The minimum atomic E-state index is -3.42. The van der Waals surface area contributed by atoms with Gasteiger partial charge in [-0.3, -0.25) is 4.79 Å². The van der Waals surface area contributed by atoms with Gasteiger partial charge >= 0.3 is 0 Å². The Morgan fingerprint density at radius 1 is 1.08 bits per heavy atom. The van der Waals surface area contributed by atoms with Gasteiger partial charge in [0.2, 0.25) is 15.9 Å². The Labute approximate surface area is 151 Å². The van der Waals surface area contributed by atoms with E-state index in [1.165, 1.54) is 23.6 Å². The quantitative estimate of drug-likeness (QED) is 0.715. The Bertz CT molecular complexity index is 553. The second kappa shape index (κ2) is 8.35. The largest absolute Gasteiger partial charge is 0.380 e. The summed E-state index contributed by atoms with van der Waals surface area (Å²) >= 11 is 0. The molecule has 0 aromatic heterocycles. The van der Waals surface area contributed by atoms with Gasteiger partial charge in [0.05, 0.1) is 11.9 Å². The molecule has 3 aliphatic rings. The number of ether oxygens (including phenoxy) is 1. The number of amides is 1. The lowest BCUT2D eigenvalue weighted by Crippen LogP contribution is -2.47. The maximum absolute atomic E-state index is 13.0. The first-order valence-corrected chi connectivity index (χ1v) is 11.4. The first-order chi connectivity index (χ1) is 12.0. The van der Waals surface area contributed by atoms with Gasteiger partial charge in [-0.25, -0.2) is 8.42 Å². The molecule has 144 valence electrons. The number of sulfonamides is 1. The fraction of sp³-hybridized carbons (Fsp3) is 0.944. The molecule has 3 rings (SSSR count). The molecule has 0 bridgehead atoms. The molecule has 0 N–H and O–H groups in total. The van der Waals surface area contributed by atoms with Crippen molar-refractivity contribution >= 4 is 15.9 Å². The number of likely N-dealkylation sites (tertiary alicyclic amines) is 1. The molecular formula is C18H32N2O4S. The Kier molecular flexibility index (Phi) is 6.39. The van der Waals surface area contributed by atoms with E-state index in [2.05, 4.69) is 0 Å². The predicted molar refractivity (Wildman–Crippen MR) is 96.7 cm³/mol. The van der Waals surface area contributed by atoms with E-state index < -0.39 is 16.1 Å². The highest BCUT2D eigenvalue weighted by Gasteiger charge is 2.45. The van der Waals surface area contributed by atoms with Gasteiger partial charge in [-0.05, 0) is 25.2 Å². The molecule has 2 atom stereocenters. The number of nitrogens with zero attached hydrogens (tertiary/aromatic N) is 2. The molecule has 2 aliphatic heterocycles. The Morgan fingerprint density at radius 3 is 2.40 bits per heavy atom. The van der Waals surface area contributed by atoms with Crippen LogP contribution in [0.1, 0.15) is 57.8 Å². The molecular weight excluding hydrogens is 340 g/mol. The highest BCUT2D eigenvalue weighted by molar-refractivity contribution is 7.89. The molecule has 0 aromatic rings. The first kappa shape index (κ1) is 19.1. The molecule has 25 heavy (non-hydrogen) atoms. The molecule has 7 heteroatoms. The second-order valence-electron chi connectivity index (χ2n) is 7.82. The number of hydrogen-bond acceptors (Lipinski definition) is 4. The van der Waals surface area contributed by atoms with E-state index in [1.807, 2.05) is 4.90 Å². The number of methoxy groups -OCH3 is 1. The molecule has 3 fully saturated rings. The summed E-state index contributed by atoms with van der Waals surface area (Å²) in [6.07, 6.45) is 9.06. The average Bonchev–Trinajstić information content (AvgIpc) is 3.30. The van der Waals surface area contributed by atoms with Crippen LogP contribution in [0.3, 0.4) is 0 Å². The summed E-state index contributed by atoms with van der Waals surface area (Å²) in [7, 11) is -1.82. The molecule has 1 aliphatic carbocycles. The minimum absolute atomic E-state index is 0.0294. The molecule has 2 saturated heterocycles. The van der Waals surface area contributed by atoms with Gasteiger partial charge in [-0.15, -0.1) is 0 Å². The lowest BCUT2D eigenvalue weighted by molar-refractivity contribution is -0.133. The van der Waals surface area contributed by atoms with Crippen molar-refractivity contribution in [1.29, 1.82) is 0 Å². The molecule has 1 saturated carbocycles. The van der Waals surface area contributed by atoms with E-state index in [9.17, 15) is 13.2 Å². The predicted octanol–water partition coefficient (Wildman–Crippen LogP) is 2.00. The molecule has 2 heterocycles. The molecule has 6 nitrogen and oxygen atoms in total. The van der Waals surface area contributed by atoms with Crippen molar-refractivity contribution < 1.29 is 17.9 Å². The van der Waals surface area contributed by atoms with Gasteiger partial charge in [-0.1, -0.05) is 32.1 Å². The second-order valence-corrected chi connectivity index (χ2v) is 9.86. The van der Waals surface area contributed by atoms with Crippen LogP contribution in [0.25, 0.3) is 0 Å². The van der Waals surface area contributed by atoms with E-state index in [0.717, 1.165) is 45.2 Å². The number of carbonyl (C=O) groups excluding carboxylic acids is 1. The monoisotopic (exact) mass is 372 g/mol. The third-order valence-corrected chi connectivity index (χ3v) is 7.99. The van der Waals surface area contributed by atoms with Crippen LogP contribution >= 0.6 is 0 Å². The van der Waals surface area contributed by atoms with Crippen LogP contribution in [0.4, 0.5) is 0 Å². The Balaban J connectivity index is 1.66. The first-order valence-electron chi connectivity index (χ1n) is 9.82. The zero-order valence-electron chi connectivity index (χ0n) is 15.4. The molecule has 0 aromatic carbocycles. The van der Waals surface area contributed by atoms with Crippen molar-refractivity contribution in [2.75, 3.05) is 32.5 Å². The van der Waals surface area contributed by atoms with Crippen molar-refractivity contribution in [3.63, 3.8) is 0 Å². The van der Waals surface area contributed by atoms with Gasteiger partial charge in [-0.2, -0.15) is 4.31 Å². The van der Waals surface area contributed by atoms with Gasteiger partial charge < -0.3 is 9.64 Å². The van der Waals surface area contributed by atoms with Gasteiger partial charge in [0.15, 0.2) is 0 Å². The summed E-state index contributed by atoms with van der Waals surface area (Å²) < 4.78 is 32.8. The zero-order chi connectivity index (χ0) is 17.9. The summed E-state index contributed by atoms with van der Waals surface area (Å²) in [5.74, 6) is 0.660. The summed E-state index contributed by atoms with van der Waals surface area (Å²) in [6, 6.07) is -0.570. The highest BCUT2D eigenvalue weighted by Crippen LogP contribution is 2.30. The standard InChI is InChI=1S/C18H32N2O4S/c1-24-16-13-17(18(21)19-10-5-6-11-19)20(14-16)25(22,23)12-9-15-7-3-2-4-8-15/h15-17H,2-14H2,1H3/t16-,17-/m0/s1. The van der Waals surface area contributed by atoms with Crippen LogP contribution in [-0.4, -0.2) is 68.2 Å².